The molecule has 2 aliphatic rings. The van der Waals surface area contributed by atoms with Crippen LogP contribution in [0.15, 0.2) is 36.5 Å². The number of hydrogen-bond acceptors (Lipinski definition) is 5. The standard InChI is InChI=1S/C23H32O5/c1-9-16-13-23(18(25)27-20(3,4)5,19(26)28-21(6,7)8)14-22(16)11-10-17(24)12-15(22)2/h9-12,16H,1,13-14H2,2-8H3/t16-,22+/m1/s1. The maximum absolute atomic E-state index is 13.3. The Hall–Kier alpha value is -2.17. The Balaban J connectivity index is 2.57. The molecule has 0 unspecified atom stereocenters. The maximum atomic E-state index is 13.3. The summed E-state index contributed by atoms with van der Waals surface area (Å²) in [5.74, 6) is -1.47. The van der Waals surface area contributed by atoms with Crippen LogP contribution in [0.4, 0.5) is 0 Å². The third-order valence-corrected chi connectivity index (χ3v) is 5.33. The van der Waals surface area contributed by atoms with Gasteiger partial charge in [0.1, 0.15) is 11.2 Å². The highest BCUT2D eigenvalue weighted by Gasteiger charge is 2.63. The van der Waals surface area contributed by atoms with E-state index < -0.39 is 34.0 Å². The molecule has 0 amide bonds. The number of allylic oxidation sites excluding steroid dienone is 5. The molecule has 154 valence electrons. The van der Waals surface area contributed by atoms with E-state index in [1.807, 2.05) is 13.0 Å². The lowest BCUT2D eigenvalue weighted by molar-refractivity contribution is -0.185. The van der Waals surface area contributed by atoms with E-state index in [2.05, 4.69) is 6.58 Å². The Kier molecular flexibility index (Phi) is 5.54. The third kappa shape index (κ3) is 4.13. The highest BCUT2D eigenvalue weighted by atomic mass is 16.6. The third-order valence-electron chi connectivity index (χ3n) is 5.33. The predicted octanol–water partition coefficient (Wildman–Crippen LogP) is 4.32. The second kappa shape index (κ2) is 7.02. The zero-order chi connectivity index (χ0) is 21.5. The lowest BCUT2D eigenvalue weighted by Gasteiger charge is -2.36. The molecule has 5 heteroatoms. The van der Waals surface area contributed by atoms with Crippen molar-refractivity contribution >= 4 is 17.7 Å². The van der Waals surface area contributed by atoms with Gasteiger partial charge in [-0.25, -0.2) is 0 Å². The largest absolute Gasteiger partial charge is 0.459 e. The minimum Gasteiger partial charge on any atom is -0.459 e. The molecule has 0 aromatic rings. The Labute approximate surface area is 167 Å². The summed E-state index contributed by atoms with van der Waals surface area (Å²) in [5, 5.41) is 0. The average Bonchev–Trinajstić information content (AvgIpc) is 2.85. The molecule has 1 fully saturated rings. The average molecular weight is 389 g/mol. The summed E-state index contributed by atoms with van der Waals surface area (Å²) in [6, 6.07) is 0. The van der Waals surface area contributed by atoms with Gasteiger partial charge >= 0.3 is 11.9 Å². The van der Waals surface area contributed by atoms with E-state index in [9.17, 15) is 14.4 Å². The van der Waals surface area contributed by atoms with E-state index in [4.69, 9.17) is 9.47 Å². The van der Waals surface area contributed by atoms with Gasteiger partial charge in [0, 0.05) is 5.41 Å². The molecule has 0 aromatic heterocycles. The summed E-state index contributed by atoms with van der Waals surface area (Å²) in [6.45, 7) is 16.4. The first kappa shape index (κ1) is 22.1. The molecule has 2 aliphatic carbocycles. The second-order valence-electron chi connectivity index (χ2n) is 9.91. The molecular formula is C23H32O5. The van der Waals surface area contributed by atoms with Crippen molar-refractivity contribution in [3.05, 3.63) is 36.5 Å². The number of carbonyl (C=O) groups excluding carboxylic acids is 3. The molecular weight excluding hydrogens is 356 g/mol. The number of rotatable bonds is 3. The van der Waals surface area contributed by atoms with Crippen molar-refractivity contribution in [2.45, 2.75) is 72.5 Å². The number of esters is 2. The first-order valence-corrected chi connectivity index (χ1v) is 9.67. The topological polar surface area (TPSA) is 69.7 Å². The lowest BCUT2D eigenvalue weighted by atomic mass is 9.69. The van der Waals surface area contributed by atoms with Crippen LogP contribution < -0.4 is 0 Å². The van der Waals surface area contributed by atoms with Gasteiger partial charge in [0.05, 0.1) is 0 Å². The van der Waals surface area contributed by atoms with E-state index in [1.165, 1.54) is 6.08 Å². The van der Waals surface area contributed by atoms with Crippen LogP contribution in [0.5, 0.6) is 0 Å². The van der Waals surface area contributed by atoms with Crippen molar-refractivity contribution in [3.63, 3.8) is 0 Å². The maximum Gasteiger partial charge on any atom is 0.324 e. The van der Waals surface area contributed by atoms with Crippen LogP contribution in [0.2, 0.25) is 0 Å². The number of carbonyl (C=O) groups is 3. The molecule has 0 N–H and O–H groups in total. The van der Waals surface area contributed by atoms with Crippen LogP contribution in [0.3, 0.4) is 0 Å². The van der Waals surface area contributed by atoms with Crippen molar-refractivity contribution in [2.24, 2.45) is 16.7 Å². The molecule has 0 aliphatic heterocycles. The van der Waals surface area contributed by atoms with Gasteiger partial charge in [-0.2, -0.15) is 0 Å². The summed E-state index contributed by atoms with van der Waals surface area (Å²) in [5.41, 5.74) is -2.76. The summed E-state index contributed by atoms with van der Waals surface area (Å²) in [6.07, 6.45) is 7.05. The van der Waals surface area contributed by atoms with Gasteiger partial charge in [0.15, 0.2) is 11.2 Å². The quantitative estimate of drug-likeness (QED) is 0.409. The van der Waals surface area contributed by atoms with Gasteiger partial charge in [-0.05, 0) is 79.4 Å². The zero-order valence-corrected chi connectivity index (χ0v) is 18.0. The zero-order valence-electron chi connectivity index (χ0n) is 18.0. The first-order chi connectivity index (χ1) is 12.7. The van der Waals surface area contributed by atoms with Crippen molar-refractivity contribution in [1.82, 2.24) is 0 Å². The fraction of sp³-hybridized carbons (Fsp3) is 0.609. The van der Waals surface area contributed by atoms with E-state index in [0.29, 0.717) is 0 Å². The van der Waals surface area contributed by atoms with E-state index >= 15 is 0 Å². The number of ether oxygens (including phenoxy) is 2. The SMILES string of the molecule is C=C[C@@H]1CC(C(=O)OC(C)(C)C)(C(=O)OC(C)(C)C)C[C@]12C=CC(=O)C=C2C. The Bertz CT molecular complexity index is 729. The van der Waals surface area contributed by atoms with Crippen molar-refractivity contribution in [3.8, 4) is 0 Å². The highest BCUT2D eigenvalue weighted by molar-refractivity contribution is 6.03. The molecule has 2 atom stereocenters. The predicted molar refractivity (Wildman–Crippen MR) is 107 cm³/mol. The fourth-order valence-corrected chi connectivity index (χ4v) is 4.07. The normalized spacial score (nSPS) is 26.8. The van der Waals surface area contributed by atoms with Gasteiger partial charge in [-0.3, -0.25) is 14.4 Å². The van der Waals surface area contributed by atoms with E-state index in [0.717, 1.165) is 5.57 Å². The van der Waals surface area contributed by atoms with Crippen LogP contribution in [-0.2, 0) is 23.9 Å². The van der Waals surface area contributed by atoms with E-state index in [1.54, 1.807) is 53.7 Å². The van der Waals surface area contributed by atoms with Gasteiger partial charge in [0.25, 0.3) is 0 Å². The monoisotopic (exact) mass is 388 g/mol. The molecule has 28 heavy (non-hydrogen) atoms. The molecule has 1 saturated carbocycles. The number of hydrogen-bond donors (Lipinski definition) is 0. The van der Waals surface area contributed by atoms with Crippen LogP contribution in [0.25, 0.3) is 0 Å². The van der Waals surface area contributed by atoms with Gasteiger partial charge in [0.2, 0.25) is 0 Å². The smallest absolute Gasteiger partial charge is 0.324 e. The molecule has 2 rings (SSSR count). The molecule has 0 bridgehead atoms. The minimum atomic E-state index is -1.46. The Morgan fingerprint density at radius 1 is 1.11 bits per heavy atom. The Morgan fingerprint density at radius 3 is 2.00 bits per heavy atom. The summed E-state index contributed by atoms with van der Waals surface area (Å²) >= 11 is 0. The summed E-state index contributed by atoms with van der Waals surface area (Å²) < 4.78 is 11.3. The van der Waals surface area contributed by atoms with Crippen LogP contribution in [0.1, 0.15) is 61.3 Å². The molecule has 0 aromatic carbocycles. The van der Waals surface area contributed by atoms with Crippen LogP contribution in [0, 0.1) is 16.7 Å². The minimum absolute atomic E-state index is 0.0991. The lowest BCUT2D eigenvalue weighted by Crippen LogP contribution is -2.46. The second-order valence-corrected chi connectivity index (χ2v) is 9.91. The van der Waals surface area contributed by atoms with Crippen molar-refractivity contribution in [2.75, 3.05) is 0 Å². The summed E-state index contributed by atoms with van der Waals surface area (Å²) in [7, 11) is 0. The molecule has 1 spiro atoms. The first-order valence-electron chi connectivity index (χ1n) is 9.67. The summed E-state index contributed by atoms with van der Waals surface area (Å²) in [4.78, 5) is 38.4. The van der Waals surface area contributed by atoms with Crippen LogP contribution >= 0.6 is 0 Å². The highest BCUT2D eigenvalue weighted by Crippen LogP contribution is 2.60. The molecule has 0 heterocycles. The fourth-order valence-electron chi connectivity index (χ4n) is 4.07. The van der Waals surface area contributed by atoms with Crippen molar-refractivity contribution < 1.29 is 23.9 Å². The van der Waals surface area contributed by atoms with Gasteiger partial charge in [-0.1, -0.05) is 17.7 Å². The molecule has 0 radical (unpaired) electrons. The Morgan fingerprint density at radius 2 is 1.61 bits per heavy atom. The van der Waals surface area contributed by atoms with Crippen LogP contribution in [-0.4, -0.2) is 28.9 Å². The molecule has 0 saturated heterocycles. The van der Waals surface area contributed by atoms with Crippen molar-refractivity contribution in [1.29, 1.82) is 0 Å². The number of ketones is 1. The van der Waals surface area contributed by atoms with Gasteiger partial charge in [-0.15, -0.1) is 6.58 Å². The van der Waals surface area contributed by atoms with Gasteiger partial charge < -0.3 is 9.47 Å². The molecule has 5 nitrogen and oxygen atoms in total. The van der Waals surface area contributed by atoms with E-state index in [-0.39, 0.29) is 24.5 Å².